The van der Waals surface area contributed by atoms with E-state index < -0.39 is 60.3 Å². The number of aromatic amines is 2. The third-order valence-corrected chi connectivity index (χ3v) is 6.92. The van der Waals surface area contributed by atoms with E-state index in [1.807, 2.05) is 0 Å². The molecule has 2 aromatic heterocycles. The minimum atomic E-state index is -1.35. The van der Waals surface area contributed by atoms with E-state index in [4.69, 9.17) is 18.9 Å². The summed E-state index contributed by atoms with van der Waals surface area (Å²) in [5.74, 6) is -2.17. The van der Waals surface area contributed by atoms with Crippen LogP contribution in [0.3, 0.4) is 0 Å². The van der Waals surface area contributed by atoms with Crippen molar-refractivity contribution in [2.24, 2.45) is 0 Å². The van der Waals surface area contributed by atoms with Gasteiger partial charge < -0.3 is 18.9 Å². The molecule has 0 saturated carbocycles. The Labute approximate surface area is 248 Å². The average Bonchev–Trinajstić information content (AvgIpc) is 3.62. The molecule has 1 saturated heterocycles. The van der Waals surface area contributed by atoms with Crippen LogP contribution in [0, 0.1) is 0 Å². The SMILES string of the molecule is O=C(OCC1OC(n2cnc3c(=O)[nH]c(=O)[nH]c32)C(OC(=O)c2ccccc2)C1OC(=O)c1ccccc1)c1ccccc1. The van der Waals surface area contributed by atoms with Crippen molar-refractivity contribution in [2.75, 3.05) is 6.61 Å². The molecule has 1 fully saturated rings. The number of hydrogen-bond donors (Lipinski definition) is 2. The molecule has 4 atom stereocenters. The lowest BCUT2D eigenvalue weighted by molar-refractivity contribution is -0.0606. The average molecular weight is 597 g/mol. The summed E-state index contributed by atoms with van der Waals surface area (Å²) in [5.41, 5.74) is -0.993. The predicted molar refractivity (Wildman–Crippen MR) is 153 cm³/mol. The molecule has 2 N–H and O–H groups in total. The van der Waals surface area contributed by atoms with E-state index in [9.17, 15) is 24.0 Å². The lowest BCUT2D eigenvalue weighted by Gasteiger charge is -2.25. The molecule has 44 heavy (non-hydrogen) atoms. The van der Waals surface area contributed by atoms with Crippen LogP contribution < -0.4 is 11.2 Å². The van der Waals surface area contributed by atoms with Crippen LogP contribution in [0.15, 0.2) is 107 Å². The Morgan fingerprint density at radius 3 is 1.82 bits per heavy atom. The van der Waals surface area contributed by atoms with Crippen molar-refractivity contribution in [3.63, 3.8) is 0 Å². The van der Waals surface area contributed by atoms with Crippen molar-refractivity contribution in [3.05, 3.63) is 135 Å². The molecule has 0 radical (unpaired) electrons. The molecule has 1 aliphatic rings. The summed E-state index contributed by atoms with van der Waals surface area (Å²) in [4.78, 5) is 72.6. The van der Waals surface area contributed by atoms with E-state index in [0.717, 1.165) is 0 Å². The molecular formula is C31H24N4O9. The number of nitrogens with one attached hydrogen (secondary N) is 2. The maximum Gasteiger partial charge on any atom is 0.338 e. The van der Waals surface area contributed by atoms with Gasteiger partial charge in [-0.25, -0.2) is 24.2 Å². The Morgan fingerprint density at radius 2 is 1.25 bits per heavy atom. The summed E-state index contributed by atoms with van der Waals surface area (Å²) < 4.78 is 24.8. The Hall–Kier alpha value is -5.82. The summed E-state index contributed by atoms with van der Waals surface area (Å²) in [7, 11) is 0. The lowest BCUT2D eigenvalue weighted by atomic mass is 10.1. The fraction of sp³-hybridized carbons (Fsp3) is 0.161. The van der Waals surface area contributed by atoms with Crippen molar-refractivity contribution in [1.29, 1.82) is 0 Å². The number of fused-ring (bicyclic) bond motifs is 1. The molecule has 0 bridgehead atoms. The second kappa shape index (κ2) is 12.2. The fourth-order valence-electron chi connectivity index (χ4n) is 4.83. The Bertz CT molecular complexity index is 1920. The zero-order valence-corrected chi connectivity index (χ0v) is 22.8. The van der Waals surface area contributed by atoms with Gasteiger partial charge in [-0.2, -0.15) is 0 Å². The molecule has 0 aliphatic carbocycles. The van der Waals surface area contributed by atoms with Crippen LogP contribution in [-0.2, 0) is 18.9 Å². The number of aromatic nitrogens is 4. The van der Waals surface area contributed by atoms with Gasteiger partial charge in [0.1, 0.15) is 18.4 Å². The van der Waals surface area contributed by atoms with Gasteiger partial charge >= 0.3 is 23.6 Å². The monoisotopic (exact) mass is 596 g/mol. The van der Waals surface area contributed by atoms with E-state index in [1.165, 1.54) is 10.9 Å². The number of carbonyl (C=O) groups is 3. The van der Waals surface area contributed by atoms with Crippen LogP contribution in [0.4, 0.5) is 0 Å². The summed E-state index contributed by atoms with van der Waals surface area (Å²) >= 11 is 0. The highest BCUT2D eigenvalue weighted by Crippen LogP contribution is 2.36. The normalized spacial score (nSPS) is 19.4. The van der Waals surface area contributed by atoms with E-state index in [1.54, 1.807) is 91.0 Å². The number of esters is 3. The molecule has 3 aromatic carbocycles. The van der Waals surface area contributed by atoms with Crippen molar-refractivity contribution in [1.82, 2.24) is 19.5 Å². The molecular weight excluding hydrogens is 572 g/mol. The van der Waals surface area contributed by atoms with Gasteiger partial charge in [-0.1, -0.05) is 54.6 Å². The Morgan fingerprint density at radius 1 is 0.727 bits per heavy atom. The molecule has 13 nitrogen and oxygen atoms in total. The molecule has 6 rings (SSSR count). The van der Waals surface area contributed by atoms with Crippen molar-refractivity contribution in [2.45, 2.75) is 24.5 Å². The first-order valence-corrected chi connectivity index (χ1v) is 13.5. The zero-order valence-electron chi connectivity index (χ0n) is 22.8. The first-order valence-electron chi connectivity index (χ1n) is 13.5. The molecule has 222 valence electrons. The summed E-state index contributed by atoms with van der Waals surface area (Å²) in [5, 5.41) is 0. The summed E-state index contributed by atoms with van der Waals surface area (Å²) in [6, 6.07) is 24.5. The number of H-pyrrole nitrogens is 2. The minimum Gasteiger partial charge on any atom is -0.459 e. The van der Waals surface area contributed by atoms with Crippen LogP contribution >= 0.6 is 0 Å². The van der Waals surface area contributed by atoms with Gasteiger partial charge in [-0.3, -0.25) is 19.3 Å². The number of carbonyl (C=O) groups excluding carboxylic acids is 3. The van der Waals surface area contributed by atoms with Gasteiger partial charge in [0, 0.05) is 0 Å². The van der Waals surface area contributed by atoms with Crippen LogP contribution in [0.25, 0.3) is 11.2 Å². The third kappa shape index (κ3) is 5.76. The summed E-state index contributed by atoms with van der Waals surface area (Å²) in [6.07, 6.45) is -3.87. The van der Waals surface area contributed by atoms with Gasteiger partial charge in [0.2, 0.25) is 0 Å². The standard InChI is InChI=1S/C31H24N4O9/c36-26-22-25(33-31(40)34-26)35(17-32-22)27-24(44-30(39)20-14-8-3-9-15-20)23(43-29(38)19-12-6-2-7-13-19)21(42-27)16-41-28(37)18-10-4-1-5-11-18/h1-15,17,21,23-24,27H,16H2,(H2,33,34,36,40). The van der Waals surface area contributed by atoms with Crippen molar-refractivity contribution < 1.29 is 33.3 Å². The number of hydrogen-bond acceptors (Lipinski definition) is 10. The Balaban J connectivity index is 1.39. The second-order valence-electron chi connectivity index (χ2n) is 9.76. The largest absolute Gasteiger partial charge is 0.459 e. The van der Waals surface area contributed by atoms with Gasteiger partial charge in [-0.15, -0.1) is 0 Å². The highest BCUT2D eigenvalue weighted by Gasteiger charge is 2.51. The van der Waals surface area contributed by atoms with Crippen LogP contribution in [0.1, 0.15) is 37.3 Å². The first-order chi connectivity index (χ1) is 21.4. The number of ether oxygens (including phenoxy) is 4. The maximum absolute atomic E-state index is 13.3. The van der Waals surface area contributed by atoms with Gasteiger partial charge in [0.05, 0.1) is 23.0 Å². The van der Waals surface area contributed by atoms with E-state index in [-0.39, 0.29) is 27.9 Å². The molecule has 13 heteroatoms. The molecule has 0 spiro atoms. The molecule has 3 heterocycles. The van der Waals surface area contributed by atoms with E-state index >= 15 is 0 Å². The molecule has 4 unspecified atom stereocenters. The quantitative estimate of drug-likeness (QED) is 0.200. The van der Waals surface area contributed by atoms with Gasteiger partial charge in [0.25, 0.3) is 5.56 Å². The predicted octanol–water partition coefficient (Wildman–Crippen LogP) is 2.62. The third-order valence-electron chi connectivity index (χ3n) is 6.92. The molecule has 0 amide bonds. The fourth-order valence-corrected chi connectivity index (χ4v) is 4.83. The Kier molecular flexibility index (Phi) is 7.84. The summed E-state index contributed by atoms with van der Waals surface area (Å²) in [6.45, 7) is -0.403. The smallest absolute Gasteiger partial charge is 0.338 e. The van der Waals surface area contributed by atoms with E-state index in [2.05, 4.69) is 15.0 Å². The number of benzene rings is 3. The number of rotatable bonds is 8. The topological polar surface area (TPSA) is 172 Å². The van der Waals surface area contributed by atoms with Crippen LogP contribution in [0.2, 0.25) is 0 Å². The van der Waals surface area contributed by atoms with Gasteiger partial charge in [0.15, 0.2) is 24.0 Å². The van der Waals surface area contributed by atoms with Crippen molar-refractivity contribution >= 4 is 29.1 Å². The van der Waals surface area contributed by atoms with Crippen LogP contribution in [0.5, 0.6) is 0 Å². The number of nitrogens with zero attached hydrogens (tertiary/aromatic N) is 2. The van der Waals surface area contributed by atoms with Gasteiger partial charge in [-0.05, 0) is 36.4 Å². The minimum absolute atomic E-state index is 0.0282. The van der Waals surface area contributed by atoms with Crippen LogP contribution in [-0.4, -0.2) is 62.3 Å². The highest BCUT2D eigenvalue weighted by molar-refractivity contribution is 5.91. The highest BCUT2D eigenvalue weighted by atomic mass is 16.7. The zero-order chi connectivity index (χ0) is 30.6. The molecule has 1 aliphatic heterocycles. The van der Waals surface area contributed by atoms with Crippen molar-refractivity contribution in [3.8, 4) is 0 Å². The first kappa shape index (κ1) is 28.3. The maximum atomic E-state index is 13.3. The number of imidazole rings is 1. The van der Waals surface area contributed by atoms with E-state index in [0.29, 0.717) is 0 Å². The molecule has 5 aromatic rings. The second-order valence-corrected chi connectivity index (χ2v) is 9.76. The lowest BCUT2D eigenvalue weighted by Crippen LogP contribution is -2.41.